The van der Waals surface area contributed by atoms with Crippen molar-refractivity contribution in [3.8, 4) is 5.75 Å². The molecule has 3 N–H and O–H groups in total. The van der Waals surface area contributed by atoms with Gasteiger partial charge < -0.3 is 15.8 Å². The summed E-state index contributed by atoms with van der Waals surface area (Å²) in [5.74, 6) is 0.402. The average Bonchev–Trinajstić information content (AvgIpc) is 2.55. The molecule has 0 spiro atoms. The quantitative estimate of drug-likeness (QED) is 0.825. The van der Waals surface area contributed by atoms with Crippen LogP contribution in [0.15, 0.2) is 48.5 Å². The standard InChI is InChI=1S/C18H21FN2O2/c1-13(21-18(22)10-11-20)15-4-8-17(9-5-15)23-12-14-2-6-16(19)7-3-14/h2-9,13H,10-12,20H2,1H3,(H,21,22). The third kappa shape index (κ3) is 5.38. The first-order valence-corrected chi connectivity index (χ1v) is 7.55. The SMILES string of the molecule is CC(NC(=O)CCN)c1ccc(OCc2ccc(F)cc2)cc1. The van der Waals surface area contributed by atoms with Gasteiger partial charge in [0, 0.05) is 13.0 Å². The van der Waals surface area contributed by atoms with Gasteiger partial charge in [-0.25, -0.2) is 4.39 Å². The zero-order chi connectivity index (χ0) is 16.7. The van der Waals surface area contributed by atoms with Crippen LogP contribution in [-0.4, -0.2) is 12.5 Å². The lowest BCUT2D eigenvalue weighted by Gasteiger charge is -2.15. The molecule has 1 atom stereocenters. The Hall–Kier alpha value is -2.40. The summed E-state index contributed by atoms with van der Waals surface area (Å²) in [5, 5.41) is 2.88. The molecule has 122 valence electrons. The van der Waals surface area contributed by atoms with Gasteiger partial charge in [-0.2, -0.15) is 0 Å². The molecule has 2 rings (SSSR count). The van der Waals surface area contributed by atoms with Crippen LogP contribution in [0.5, 0.6) is 5.75 Å². The minimum absolute atomic E-state index is 0.0587. The molecule has 0 saturated carbocycles. The smallest absolute Gasteiger partial charge is 0.221 e. The number of halogens is 1. The number of ether oxygens (including phenoxy) is 1. The van der Waals surface area contributed by atoms with Gasteiger partial charge in [-0.05, 0) is 42.3 Å². The molecule has 4 nitrogen and oxygen atoms in total. The third-order valence-electron chi connectivity index (χ3n) is 3.45. The molecule has 0 fully saturated rings. The molecule has 0 radical (unpaired) electrons. The minimum Gasteiger partial charge on any atom is -0.489 e. The molecule has 2 aromatic carbocycles. The van der Waals surface area contributed by atoms with Gasteiger partial charge in [-0.3, -0.25) is 4.79 Å². The van der Waals surface area contributed by atoms with Crippen LogP contribution >= 0.6 is 0 Å². The molecule has 0 aliphatic heterocycles. The highest BCUT2D eigenvalue weighted by atomic mass is 19.1. The van der Waals surface area contributed by atoms with E-state index in [0.717, 1.165) is 16.9 Å². The molecule has 23 heavy (non-hydrogen) atoms. The van der Waals surface area contributed by atoms with E-state index >= 15 is 0 Å². The first-order valence-electron chi connectivity index (χ1n) is 7.55. The summed E-state index contributed by atoms with van der Waals surface area (Å²) in [5.41, 5.74) is 7.25. The van der Waals surface area contributed by atoms with Gasteiger partial charge in [0.15, 0.2) is 0 Å². The topological polar surface area (TPSA) is 64.4 Å². The fraction of sp³-hybridized carbons (Fsp3) is 0.278. The van der Waals surface area contributed by atoms with Gasteiger partial charge >= 0.3 is 0 Å². The van der Waals surface area contributed by atoms with Gasteiger partial charge in [0.2, 0.25) is 5.91 Å². The number of hydrogen-bond acceptors (Lipinski definition) is 3. The molecule has 0 bridgehead atoms. The maximum atomic E-state index is 12.8. The van der Waals surface area contributed by atoms with Crippen molar-refractivity contribution < 1.29 is 13.9 Å². The van der Waals surface area contributed by atoms with Crippen LogP contribution in [-0.2, 0) is 11.4 Å². The zero-order valence-electron chi connectivity index (χ0n) is 13.1. The van der Waals surface area contributed by atoms with Gasteiger partial charge in [-0.15, -0.1) is 0 Å². The zero-order valence-corrected chi connectivity index (χ0v) is 13.1. The third-order valence-corrected chi connectivity index (χ3v) is 3.45. The number of hydrogen-bond donors (Lipinski definition) is 2. The maximum Gasteiger partial charge on any atom is 0.221 e. The average molecular weight is 316 g/mol. The summed E-state index contributed by atoms with van der Waals surface area (Å²) in [7, 11) is 0. The Bertz CT molecular complexity index is 626. The molecular weight excluding hydrogens is 295 g/mol. The van der Waals surface area contributed by atoms with Gasteiger partial charge in [0.25, 0.3) is 0 Å². The van der Waals surface area contributed by atoms with Crippen LogP contribution in [0.25, 0.3) is 0 Å². The molecule has 1 amide bonds. The van der Waals surface area contributed by atoms with Crippen LogP contribution < -0.4 is 15.8 Å². The minimum atomic E-state index is -0.260. The van der Waals surface area contributed by atoms with Gasteiger partial charge in [-0.1, -0.05) is 24.3 Å². The van der Waals surface area contributed by atoms with Gasteiger partial charge in [0.05, 0.1) is 6.04 Å². The number of amides is 1. The van der Waals surface area contributed by atoms with Crippen LogP contribution in [0, 0.1) is 5.82 Å². The Morgan fingerprint density at radius 3 is 2.43 bits per heavy atom. The fourth-order valence-corrected chi connectivity index (χ4v) is 2.13. The number of nitrogens with one attached hydrogen (secondary N) is 1. The van der Waals surface area contributed by atoms with Crippen molar-refractivity contribution in [3.05, 3.63) is 65.5 Å². The van der Waals surface area contributed by atoms with E-state index in [4.69, 9.17) is 10.5 Å². The van der Waals surface area contributed by atoms with Crippen molar-refractivity contribution in [1.82, 2.24) is 5.32 Å². The van der Waals surface area contributed by atoms with Crippen LogP contribution in [0.2, 0.25) is 0 Å². The molecule has 1 unspecified atom stereocenters. The second-order valence-electron chi connectivity index (χ2n) is 5.31. The fourth-order valence-electron chi connectivity index (χ4n) is 2.13. The summed E-state index contributed by atoms with van der Waals surface area (Å²) in [6, 6.07) is 13.6. The van der Waals surface area contributed by atoms with E-state index in [-0.39, 0.29) is 17.8 Å². The second-order valence-corrected chi connectivity index (χ2v) is 5.31. The normalized spacial score (nSPS) is 11.8. The van der Waals surface area contributed by atoms with Crippen molar-refractivity contribution in [1.29, 1.82) is 0 Å². The lowest BCUT2D eigenvalue weighted by molar-refractivity contribution is -0.121. The van der Waals surface area contributed by atoms with E-state index in [1.54, 1.807) is 12.1 Å². The van der Waals surface area contributed by atoms with Crippen molar-refractivity contribution in [3.63, 3.8) is 0 Å². The largest absolute Gasteiger partial charge is 0.489 e. The van der Waals surface area contributed by atoms with Crippen LogP contribution in [0.3, 0.4) is 0 Å². The molecular formula is C18H21FN2O2. The van der Waals surface area contributed by atoms with Crippen LogP contribution in [0.1, 0.15) is 30.5 Å². The lowest BCUT2D eigenvalue weighted by atomic mass is 10.1. The van der Waals surface area contributed by atoms with E-state index in [9.17, 15) is 9.18 Å². The Morgan fingerprint density at radius 2 is 1.83 bits per heavy atom. The maximum absolute atomic E-state index is 12.8. The summed E-state index contributed by atoms with van der Waals surface area (Å²) in [6.45, 7) is 2.64. The highest BCUT2D eigenvalue weighted by Gasteiger charge is 2.09. The number of nitrogens with two attached hydrogens (primary N) is 1. The molecule has 0 aliphatic rings. The number of rotatable bonds is 7. The Kier molecular flexibility index (Phi) is 6.11. The Labute approximate surface area is 135 Å². The van der Waals surface area contributed by atoms with Crippen LogP contribution in [0.4, 0.5) is 4.39 Å². The lowest BCUT2D eigenvalue weighted by Crippen LogP contribution is -2.28. The predicted octanol–water partition coefficient (Wildman–Crippen LogP) is 2.93. The summed E-state index contributed by atoms with van der Waals surface area (Å²) in [6.07, 6.45) is 0.323. The summed E-state index contributed by atoms with van der Waals surface area (Å²) < 4.78 is 18.5. The second kappa shape index (κ2) is 8.29. The van der Waals surface area contributed by atoms with Crippen molar-refractivity contribution in [2.45, 2.75) is 26.0 Å². The monoisotopic (exact) mass is 316 g/mol. The molecule has 0 saturated heterocycles. The highest BCUT2D eigenvalue weighted by Crippen LogP contribution is 2.18. The first-order chi connectivity index (χ1) is 11.1. The number of carbonyl (C=O) groups is 1. The van der Waals surface area contributed by atoms with Gasteiger partial charge in [0.1, 0.15) is 18.2 Å². The molecule has 0 aromatic heterocycles. The number of carbonyl (C=O) groups excluding carboxylic acids is 1. The van der Waals surface area contributed by atoms with E-state index < -0.39 is 0 Å². The highest BCUT2D eigenvalue weighted by molar-refractivity contribution is 5.76. The summed E-state index contributed by atoms with van der Waals surface area (Å²) in [4.78, 5) is 11.5. The van der Waals surface area contributed by atoms with E-state index in [2.05, 4.69) is 5.32 Å². The van der Waals surface area contributed by atoms with E-state index in [0.29, 0.717) is 19.6 Å². The molecule has 2 aromatic rings. The van der Waals surface area contributed by atoms with E-state index in [1.165, 1.54) is 12.1 Å². The van der Waals surface area contributed by atoms with Crippen molar-refractivity contribution >= 4 is 5.91 Å². The van der Waals surface area contributed by atoms with Crippen molar-refractivity contribution in [2.75, 3.05) is 6.54 Å². The van der Waals surface area contributed by atoms with E-state index in [1.807, 2.05) is 31.2 Å². The predicted molar refractivity (Wildman–Crippen MR) is 87.4 cm³/mol. The van der Waals surface area contributed by atoms with Crippen molar-refractivity contribution in [2.24, 2.45) is 5.73 Å². The Balaban J connectivity index is 1.88. The molecule has 5 heteroatoms. The first kappa shape index (κ1) is 17.0. The Morgan fingerprint density at radius 1 is 1.17 bits per heavy atom. The molecule has 0 aliphatic carbocycles. The molecule has 0 heterocycles. The summed E-state index contributed by atoms with van der Waals surface area (Å²) >= 11 is 0. The number of benzene rings is 2.